The van der Waals surface area contributed by atoms with Gasteiger partial charge in [-0.3, -0.25) is 0 Å². The summed E-state index contributed by atoms with van der Waals surface area (Å²) in [6.45, 7) is 0. The monoisotopic (exact) mass is 378 g/mol. The summed E-state index contributed by atoms with van der Waals surface area (Å²) in [5.41, 5.74) is 0. The van der Waals surface area contributed by atoms with Gasteiger partial charge in [-0.05, 0) is 11.6 Å². The van der Waals surface area contributed by atoms with Crippen LogP contribution in [0.5, 0.6) is 0 Å². The maximum Gasteiger partial charge on any atom is 0.346 e. The van der Waals surface area contributed by atoms with E-state index in [-0.39, 0.29) is 0 Å². The Morgan fingerprint density at radius 3 is 1.54 bits per heavy atom. The third-order valence-corrected chi connectivity index (χ3v) is 2.58. The van der Waals surface area contributed by atoms with Crippen molar-refractivity contribution in [3.63, 3.8) is 0 Å². The van der Waals surface area contributed by atoms with Crippen molar-refractivity contribution < 1.29 is 0 Å². The minimum atomic E-state index is -4.82. The normalized spacial score (nSPS) is 16.5. The second-order valence-corrected chi connectivity index (χ2v) is 29.5. The molecule has 13 heavy (non-hydrogen) atoms. The molecule has 0 spiro atoms. The molecule has 0 unspecified atom stereocenters. The van der Waals surface area contributed by atoms with Crippen LogP contribution in [0.3, 0.4) is 0 Å². The summed E-state index contributed by atoms with van der Waals surface area (Å²) in [5, 5.41) is 3.93. The molecule has 0 N–H and O–H groups in total. The van der Waals surface area contributed by atoms with Gasteiger partial charge in [0.05, 0.1) is 22.7 Å². The predicted octanol–water partition coefficient (Wildman–Crippen LogP) is 7.74. The van der Waals surface area contributed by atoms with Crippen LogP contribution in [0.4, 0.5) is 0 Å². The Kier molecular flexibility index (Phi) is 5.26. The van der Waals surface area contributed by atoms with Crippen molar-refractivity contribution in [2.75, 3.05) is 0 Å². The van der Waals surface area contributed by atoms with Gasteiger partial charge in [0.2, 0.25) is 0 Å². The van der Waals surface area contributed by atoms with Crippen molar-refractivity contribution in [1.29, 1.82) is 0 Å². The average Bonchev–Trinajstić information content (AvgIpc) is 2.07. The molecule has 0 atom stereocenters. The first-order valence-corrected chi connectivity index (χ1v) is 12.7. The molecule has 0 saturated heterocycles. The first kappa shape index (κ1) is 15.5. The van der Waals surface area contributed by atoms with Crippen molar-refractivity contribution in [3.8, 4) is 0 Å². The van der Waals surface area contributed by atoms with Gasteiger partial charge in [-0.1, -0.05) is 0 Å². The van der Waals surface area contributed by atoms with Crippen LogP contribution in [0, 0.1) is 0 Å². The third kappa shape index (κ3) is 25.1. The SMILES string of the molecule is Cl[P-](Cl)(Cl)(Cl)(Cl)Cl.Clc1scc[s+]1. The van der Waals surface area contributed by atoms with Crippen molar-refractivity contribution in [3.05, 3.63) is 14.4 Å². The third-order valence-electron chi connectivity index (χ3n) is 0.377. The van der Waals surface area contributed by atoms with E-state index in [0.29, 0.717) is 0 Å². The number of rotatable bonds is 0. The zero-order valence-corrected chi connectivity index (χ0v) is 13.4. The van der Waals surface area contributed by atoms with Gasteiger partial charge >= 0.3 is 73.2 Å². The molecule has 0 aliphatic rings. The summed E-state index contributed by atoms with van der Waals surface area (Å²) >= 11 is 38.6. The summed E-state index contributed by atoms with van der Waals surface area (Å²) in [6, 6.07) is 0. The van der Waals surface area contributed by atoms with E-state index in [1.165, 1.54) is 0 Å². The molecule has 10 heteroatoms. The van der Waals surface area contributed by atoms with Crippen molar-refractivity contribution in [2.24, 2.45) is 0 Å². The van der Waals surface area contributed by atoms with Crippen LogP contribution in [0.2, 0.25) is 3.65 Å². The van der Waals surface area contributed by atoms with Crippen LogP contribution in [0.1, 0.15) is 0 Å². The van der Waals surface area contributed by atoms with E-state index >= 15 is 0 Å². The Morgan fingerprint density at radius 2 is 1.46 bits per heavy atom. The largest absolute Gasteiger partial charge is 0.346 e. The predicted molar refractivity (Wildman–Crippen MR) is 73.7 cm³/mol. The molecule has 0 nitrogen and oxygen atoms in total. The van der Waals surface area contributed by atoms with E-state index in [1.807, 2.05) is 10.8 Å². The molecule has 0 aliphatic carbocycles. The Labute approximate surface area is 117 Å². The van der Waals surface area contributed by atoms with E-state index in [1.54, 1.807) is 22.7 Å². The molecule has 0 radical (unpaired) electrons. The fourth-order valence-electron chi connectivity index (χ4n) is 0.190. The van der Waals surface area contributed by atoms with Gasteiger partial charge in [0, 0.05) is 0 Å². The zero-order chi connectivity index (χ0) is 10.8. The van der Waals surface area contributed by atoms with Gasteiger partial charge in [0.25, 0.3) is 0 Å². The molecule has 1 rings (SSSR count). The summed E-state index contributed by atoms with van der Waals surface area (Å²) in [6.07, 6.45) is 0. The average molecular weight is 381 g/mol. The van der Waals surface area contributed by atoms with Gasteiger partial charge in [-0.2, -0.15) is 0 Å². The Balaban J connectivity index is 0.000000223. The molecule has 0 amide bonds. The van der Waals surface area contributed by atoms with Gasteiger partial charge < -0.3 is 0 Å². The quantitative estimate of drug-likeness (QED) is 0.318. The Bertz CT molecular complexity index is 246. The Morgan fingerprint density at radius 1 is 1.08 bits per heavy atom. The summed E-state index contributed by atoms with van der Waals surface area (Å²) < 4.78 is -3.93. The van der Waals surface area contributed by atoms with E-state index in [4.69, 9.17) is 79.0 Å². The topological polar surface area (TPSA) is 0 Å². The first-order valence-electron chi connectivity index (χ1n) is 2.42. The van der Waals surface area contributed by atoms with E-state index in [2.05, 4.69) is 0 Å². The minimum Gasteiger partial charge on any atom is -0.00957 e. The van der Waals surface area contributed by atoms with Crippen LogP contribution in [-0.4, -0.2) is 0 Å². The minimum absolute atomic E-state index is 0.898. The molecule has 0 saturated carbocycles. The van der Waals surface area contributed by atoms with E-state index in [9.17, 15) is 0 Å². The number of hydrogen-bond acceptors (Lipinski definition) is 1. The van der Waals surface area contributed by atoms with Crippen LogP contribution in [0.25, 0.3) is 0 Å². The molecule has 0 fully saturated rings. The van der Waals surface area contributed by atoms with Gasteiger partial charge in [-0.15, -0.1) is 0 Å². The Hall–Kier alpha value is 2.51. The zero-order valence-electron chi connectivity index (χ0n) is 5.56. The molecule has 0 aromatic carbocycles. The molecule has 80 valence electrons. The second-order valence-electron chi connectivity index (χ2n) is 1.70. The van der Waals surface area contributed by atoms with Crippen molar-refractivity contribution in [1.82, 2.24) is 0 Å². The first-order chi connectivity index (χ1) is 5.34. The van der Waals surface area contributed by atoms with E-state index in [0.717, 1.165) is 3.65 Å². The van der Waals surface area contributed by atoms with Crippen molar-refractivity contribution in [2.45, 2.75) is 0 Å². The number of halogens is 7. The molecular formula is C3H2Cl7PS2. The van der Waals surface area contributed by atoms with Crippen LogP contribution < -0.4 is 0 Å². The maximum absolute atomic E-state index is 5.49. The summed E-state index contributed by atoms with van der Waals surface area (Å²) in [7, 11) is 0. The van der Waals surface area contributed by atoms with Gasteiger partial charge in [0.15, 0.2) is 0 Å². The summed E-state index contributed by atoms with van der Waals surface area (Å²) in [4.78, 5) is 0. The molecule has 1 heterocycles. The van der Waals surface area contributed by atoms with E-state index < -0.39 is 2.06 Å². The molecule has 1 aromatic rings. The fourth-order valence-corrected chi connectivity index (χ4v) is 1.71. The molecular weight excluding hydrogens is 379 g/mol. The van der Waals surface area contributed by atoms with Crippen LogP contribution in [0.15, 0.2) is 10.8 Å². The molecule has 0 bridgehead atoms. The molecule has 0 aliphatic heterocycles. The van der Waals surface area contributed by atoms with Gasteiger partial charge in [-0.25, -0.2) is 0 Å². The fraction of sp³-hybridized carbons (Fsp3) is 0. The van der Waals surface area contributed by atoms with Crippen LogP contribution >= 0.6 is 104 Å². The standard InChI is InChI=1S/C3H2ClS2.Cl6P/c4-3-5-1-2-6-3;1-7(2,3,4,5)6/h1-2H;/q+1;-1. The smallest absolute Gasteiger partial charge is 0.00957 e. The number of hydrogen-bond donors (Lipinski definition) is 0. The second kappa shape index (κ2) is 4.41. The summed E-state index contributed by atoms with van der Waals surface area (Å²) in [5.74, 6) is 0. The van der Waals surface area contributed by atoms with Gasteiger partial charge in [0.1, 0.15) is 10.8 Å². The molecule has 1 aromatic heterocycles. The van der Waals surface area contributed by atoms with Crippen molar-refractivity contribution >= 4 is 104 Å². The maximum atomic E-state index is 5.49. The van der Waals surface area contributed by atoms with Crippen LogP contribution in [-0.2, 0) is 0 Å².